The van der Waals surface area contributed by atoms with Crippen LogP contribution in [0.1, 0.15) is 31.2 Å². The van der Waals surface area contributed by atoms with E-state index in [9.17, 15) is 0 Å². The lowest BCUT2D eigenvalue weighted by atomic mass is 9.95. The van der Waals surface area contributed by atoms with Crippen molar-refractivity contribution in [3.63, 3.8) is 0 Å². The summed E-state index contributed by atoms with van der Waals surface area (Å²) in [7, 11) is 0. The van der Waals surface area contributed by atoms with Gasteiger partial charge in [0.2, 0.25) is 0 Å². The van der Waals surface area contributed by atoms with E-state index >= 15 is 0 Å². The van der Waals surface area contributed by atoms with E-state index in [0.29, 0.717) is 12.5 Å². The molecule has 0 heterocycles. The quantitative estimate of drug-likeness (QED) is 0.789. The maximum atomic E-state index is 5.91. The summed E-state index contributed by atoms with van der Waals surface area (Å²) < 4.78 is 0. The van der Waals surface area contributed by atoms with Gasteiger partial charge < -0.3 is 5.73 Å². The Labute approximate surface area is 84.9 Å². The molecule has 0 unspecified atom stereocenters. The van der Waals surface area contributed by atoms with Gasteiger partial charge in [0, 0.05) is 5.02 Å². The van der Waals surface area contributed by atoms with Crippen LogP contribution in [0.3, 0.4) is 0 Å². The Morgan fingerprint density at radius 3 is 2.77 bits per heavy atom. The first kappa shape index (κ1) is 10.6. The Balaban J connectivity index is 2.78. The summed E-state index contributed by atoms with van der Waals surface area (Å²) in [5, 5.41) is 0.798. The molecule has 0 bridgehead atoms. The van der Waals surface area contributed by atoms with E-state index in [1.54, 1.807) is 0 Å². The first-order chi connectivity index (χ1) is 6.27. The zero-order chi connectivity index (χ0) is 9.68. The molecule has 0 saturated carbocycles. The lowest BCUT2D eigenvalue weighted by Crippen LogP contribution is -2.12. The second kappa shape index (κ2) is 5.25. The van der Waals surface area contributed by atoms with Crippen molar-refractivity contribution >= 4 is 11.6 Å². The van der Waals surface area contributed by atoms with Crippen LogP contribution in [0.2, 0.25) is 5.02 Å². The third-order valence-electron chi connectivity index (χ3n) is 2.24. The van der Waals surface area contributed by atoms with Crippen LogP contribution < -0.4 is 5.73 Å². The molecule has 1 aromatic rings. The summed E-state index contributed by atoms with van der Waals surface area (Å²) in [5.41, 5.74) is 6.96. The van der Waals surface area contributed by atoms with Gasteiger partial charge in [-0.1, -0.05) is 37.1 Å². The first-order valence-corrected chi connectivity index (χ1v) is 5.11. The standard InChI is InChI=1S/C11H16ClN/c1-2-4-10(8-13)9-5-3-6-11(12)7-9/h3,5-7,10H,2,4,8,13H2,1H3/t10-/m1/s1. The van der Waals surface area contributed by atoms with Gasteiger partial charge in [-0.05, 0) is 36.6 Å². The maximum Gasteiger partial charge on any atom is 0.0408 e. The smallest absolute Gasteiger partial charge is 0.0408 e. The zero-order valence-electron chi connectivity index (χ0n) is 7.96. The molecule has 2 N–H and O–H groups in total. The van der Waals surface area contributed by atoms with Gasteiger partial charge in [-0.25, -0.2) is 0 Å². The summed E-state index contributed by atoms with van der Waals surface area (Å²) >= 11 is 5.91. The van der Waals surface area contributed by atoms with E-state index < -0.39 is 0 Å². The van der Waals surface area contributed by atoms with Gasteiger partial charge in [0.05, 0.1) is 0 Å². The predicted molar refractivity (Wildman–Crippen MR) is 58.2 cm³/mol. The van der Waals surface area contributed by atoms with E-state index in [-0.39, 0.29) is 0 Å². The van der Waals surface area contributed by atoms with E-state index in [1.807, 2.05) is 18.2 Å². The van der Waals surface area contributed by atoms with Crippen LogP contribution in [0.5, 0.6) is 0 Å². The van der Waals surface area contributed by atoms with Crippen molar-refractivity contribution in [1.29, 1.82) is 0 Å². The van der Waals surface area contributed by atoms with E-state index in [4.69, 9.17) is 17.3 Å². The molecule has 0 spiro atoms. The molecule has 0 fully saturated rings. The molecule has 0 aliphatic rings. The fourth-order valence-corrected chi connectivity index (χ4v) is 1.73. The van der Waals surface area contributed by atoms with Gasteiger partial charge in [0.1, 0.15) is 0 Å². The molecule has 0 radical (unpaired) electrons. The Morgan fingerprint density at radius 2 is 2.23 bits per heavy atom. The normalized spacial score (nSPS) is 12.8. The predicted octanol–water partition coefficient (Wildman–Crippen LogP) is 3.18. The average Bonchev–Trinajstić information content (AvgIpc) is 2.14. The lowest BCUT2D eigenvalue weighted by Gasteiger charge is -2.13. The molecule has 0 aromatic heterocycles. The van der Waals surface area contributed by atoms with Crippen molar-refractivity contribution < 1.29 is 0 Å². The van der Waals surface area contributed by atoms with Crippen LogP contribution in [-0.4, -0.2) is 6.54 Å². The summed E-state index contributed by atoms with van der Waals surface area (Å²) in [6, 6.07) is 7.98. The topological polar surface area (TPSA) is 26.0 Å². The summed E-state index contributed by atoms with van der Waals surface area (Å²) in [6.45, 7) is 2.88. The highest BCUT2D eigenvalue weighted by Gasteiger charge is 2.07. The summed E-state index contributed by atoms with van der Waals surface area (Å²) in [4.78, 5) is 0. The van der Waals surface area contributed by atoms with Crippen molar-refractivity contribution in [3.8, 4) is 0 Å². The minimum absolute atomic E-state index is 0.462. The molecule has 1 atom stereocenters. The molecule has 0 aliphatic heterocycles. The first-order valence-electron chi connectivity index (χ1n) is 4.73. The van der Waals surface area contributed by atoms with Crippen LogP contribution in [0, 0.1) is 0 Å². The summed E-state index contributed by atoms with van der Waals surface area (Å²) in [5.74, 6) is 0.462. The lowest BCUT2D eigenvalue weighted by molar-refractivity contribution is 0.622. The van der Waals surface area contributed by atoms with Crippen molar-refractivity contribution in [3.05, 3.63) is 34.9 Å². The van der Waals surface area contributed by atoms with Gasteiger partial charge in [-0.3, -0.25) is 0 Å². The second-order valence-corrected chi connectivity index (χ2v) is 3.71. The van der Waals surface area contributed by atoms with Gasteiger partial charge in [-0.15, -0.1) is 0 Å². The average molecular weight is 198 g/mol. The zero-order valence-corrected chi connectivity index (χ0v) is 8.72. The van der Waals surface area contributed by atoms with Crippen LogP contribution in [0.15, 0.2) is 24.3 Å². The second-order valence-electron chi connectivity index (χ2n) is 3.28. The molecule has 1 aromatic carbocycles. The van der Waals surface area contributed by atoms with Crippen LogP contribution in [-0.2, 0) is 0 Å². The van der Waals surface area contributed by atoms with E-state index in [0.717, 1.165) is 17.9 Å². The Morgan fingerprint density at radius 1 is 1.46 bits per heavy atom. The van der Waals surface area contributed by atoms with Gasteiger partial charge in [-0.2, -0.15) is 0 Å². The van der Waals surface area contributed by atoms with Gasteiger partial charge in [0.25, 0.3) is 0 Å². The van der Waals surface area contributed by atoms with Crippen LogP contribution >= 0.6 is 11.6 Å². The molecule has 13 heavy (non-hydrogen) atoms. The third-order valence-corrected chi connectivity index (χ3v) is 2.48. The molecule has 72 valence electrons. The highest BCUT2D eigenvalue weighted by atomic mass is 35.5. The monoisotopic (exact) mass is 197 g/mol. The Kier molecular flexibility index (Phi) is 4.26. The number of hydrogen-bond donors (Lipinski definition) is 1. The number of benzene rings is 1. The number of rotatable bonds is 4. The highest BCUT2D eigenvalue weighted by Crippen LogP contribution is 2.22. The van der Waals surface area contributed by atoms with Crippen LogP contribution in [0.4, 0.5) is 0 Å². The minimum atomic E-state index is 0.462. The SMILES string of the molecule is CCC[C@H](CN)c1cccc(Cl)c1. The number of hydrogen-bond acceptors (Lipinski definition) is 1. The van der Waals surface area contributed by atoms with Gasteiger partial charge in [0.15, 0.2) is 0 Å². The third kappa shape index (κ3) is 3.02. The van der Waals surface area contributed by atoms with E-state index in [1.165, 1.54) is 5.56 Å². The Hall–Kier alpha value is -0.530. The summed E-state index contributed by atoms with van der Waals surface area (Å²) in [6.07, 6.45) is 2.30. The Bertz CT molecular complexity index is 260. The minimum Gasteiger partial charge on any atom is -0.330 e. The molecule has 2 heteroatoms. The molecule has 1 rings (SSSR count). The molecule has 1 nitrogen and oxygen atoms in total. The maximum absolute atomic E-state index is 5.91. The molecular formula is C11H16ClN. The molecular weight excluding hydrogens is 182 g/mol. The van der Waals surface area contributed by atoms with Crippen molar-refractivity contribution in [1.82, 2.24) is 0 Å². The van der Waals surface area contributed by atoms with Gasteiger partial charge >= 0.3 is 0 Å². The van der Waals surface area contributed by atoms with Crippen molar-refractivity contribution in [2.75, 3.05) is 6.54 Å². The van der Waals surface area contributed by atoms with Crippen molar-refractivity contribution in [2.45, 2.75) is 25.7 Å². The van der Waals surface area contributed by atoms with E-state index in [2.05, 4.69) is 13.0 Å². The number of halogens is 1. The molecule has 0 amide bonds. The van der Waals surface area contributed by atoms with Crippen molar-refractivity contribution in [2.24, 2.45) is 5.73 Å². The molecule has 0 saturated heterocycles. The van der Waals surface area contributed by atoms with Crippen LogP contribution in [0.25, 0.3) is 0 Å². The molecule has 0 aliphatic carbocycles. The largest absolute Gasteiger partial charge is 0.330 e. The highest BCUT2D eigenvalue weighted by molar-refractivity contribution is 6.30. The fraction of sp³-hybridized carbons (Fsp3) is 0.455. The fourth-order valence-electron chi connectivity index (χ4n) is 1.53. The number of nitrogens with two attached hydrogens (primary N) is 1.